The third kappa shape index (κ3) is 0.977. The highest BCUT2D eigenvalue weighted by molar-refractivity contribution is 4.66. The SMILES string of the molecule is [CH]1CCOCC1. The summed E-state index contributed by atoms with van der Waals surface area (Å²) >= 11 is 0. The maximum atomic E-state index is 5.04. The molecule has 6 heavy (non-hydrogen) atoms. The topological polar surface area (TPSA) is 9.23 Å². The van der Waals surface area contributed by atoms with Gasteiger partial charge in [0.1, 0.15) is 0 Å². The molecule has 0 bridgehead atoms. The van der Waals surface area contributed by atoms with Crippen molar-refractivity contribution in [2.24, 2.45) is 0 Å². The Hall–Kier alpha value is -0.0400. The maximum Gasteiger partial charge on any atom is 0.0468 e. The summed E-state index contributed by atoms with van der Waals surface area (Å²) in [6.45, 7) is 1.89. The predicted molar refractivity (Wildman–Crippen MR) is 24.4 cm³/mol. The zero-order valence-electron chi connectivity index (χ0n) is 3.81. The lowest BCUT2D eigenvalue weighted by Gasteiger charge is -2.07. The molecule has 1 rings (SSSR count). The van der Waals surface area contributed by atoms with Crippen LogP contribution in [0.3, 0.4) is 0 Å². The van der Waals surface area contributed by atoms with Gasteiger partial charge < -0.3 is 4.74 Å². The molecule has 0 aromatic carbocycles. The first-order valence-corrected chi connectivity index (χ1v) is 2.39. The Morgan fingerprint density at radius 3 is 2.00 bits per heavy atom. The van der Waals surface area contributed by atoms with Gasteiger partial charge in [-0.05, 0) is 19.3 Å². The van der Waals surface area contributed by atoms with E-state index < -0.39 is 0 Å². The summed E-state index contributed by atoms with van der Waals surface area (Å²) in [5, 5.41) is 0. The number of hydrogen-bond acceptors (Lipinski definition) is 1. The molecule has 0 aromatic rings. The molecule has 0 aliphatic carbocycles. The molecule has 1 heterocycles. The molecule has 1 fully saturated rings. The van der Waals surface area contributed by atoms with Crippen molar-refractivity contribution in [3.05, 3.63) is 6.42 Å². The lowest BCUT2D eigenvalue weighted by molar-refractivity contribution is 0.117. The van der Waals surface area contributed by atoms with Crippen LogP contribution in [0.15, 0.2) is 0 Å². The number of hydrogen-bond donors (Lipinski definition) is 0. The first-order valence-electron chi connectivity index (χ1n) is 2.39. The summed E-state index contributed by atoms with van der Waals surface area (Å²) in [6, 6.07) is 0. The van der Waals surface area contributed by atoms with Gasteiger partial charge in [-0.2, -0.15) is 0 Å². The molecule has 1 nitrogen and oxygen atoms in total. The minimum Gasteiger partial charge on any atom is -0.381 e. The molecule has 0 unspecified atom stereocenters. The maximum absolute atomic E-state index is 5.04. The van der Waals surface area contributed by atoms with Gasteiger partial charge in [0.2, 0.25) is 0 Å². The molecule has 1 saturated heterocycles. The van der Waals surface area contributed by atoms with E-state index in [0.717, 1.165) is 26.1 Å². The molecule has 0 N–H and O–H groups in total. The van der Waals surface area contributed by atoms with Crippen LogP contribution in [0.5, 0.6) is 0 Å². The fourth-order valence-electron chi connectivity index (χ4n) is 0.580. The van der Waals surface area contributed by atoms with E-state index in [9.17, 15) is 0 Å². The Bertz CT molecular complexity index is 19.4. The molecule has 0 spiro atoms. The van der Waals surface area contributed by atoms with Crippen LogP contribution in [0.4, 0.5) is 0 Å². The molecule has 0 aromatic heterocycles. The minimum atomic E-state index is 0.944. The lowest BCUT2D eigenvalue weighted by Crippen LogP contribution is -2.03. The van der Waals surface area contributed by atoms with E-state index in [1.54, 1.807) is 0 Å². The number of ether oxygens (including phenoxy) is 1. The van der Waals surface area contributed by atoms with Crippen molar-refractivity contribution >= 4 is 0 Å². The highest BCUT2D eigenvalue weighted by Gasteiger charge is 1.95. The van der Waals surface area contributed by atoms with Gasteiger partial charge in [-0.1, -0.05) is 0 Å². The fraction of sp³-hybridized carbons (Fsp3) is 0.800. The van der Waals surface area contributed by atoms with E-state index in [1.165, 1.54) is 0 Å². The standard InChI is InChI=1S/C5H9O/c1-2-4-6-5-3-1/h1H,2-5H2. The molecule has 0 saturated carbocycles. The van der Waals surface area contributed by atoms with Gasteiger partial charge in [-0.3, -0.25) is 0 Å². The molecule has 0 atom stereocenters. The second-order valence-electron chi connectivity index (χ2n) is 1.48. The van der Waals surface area contributed by atoms with Crippen molar-refractivity contribution < 1.29 is 4.74 Å². The van der Waals surface area contributed by atoms with Crippen LogP contribution in [-0.4, -0.2) is 13.2 Å². The van der Waals surface area contributed by atoms with E-state index >= 15 is 0 Å². The second-order valence-corrected chi connectivity index (χ2v) is 1.48. The first kappa shape index (κ1) is 4.13. The fourth-order valence-corrected chi connectivity index (χ4v) is 0.580. The third-order valence-electron chi connectivity index (χ3n) is 0.933. The van der Waals surface area contributed by atoms with Gasteiger partial charge in [0, 0.05) is 13.2 Å². The second kappa shape index (κ2) is 2.19. The summed E-state index contributed by atoms with van der Waals surface area (Å²) in [4.78, 5) is 0. The summed E-state index contributed by atoms with van der Waals surface area (Å²) in [6.07, 6.45) is 4.57. The zero-order valence-corrected chi connectivity index (χ0v) is 3.81. The van der Waals surface area contributed by atoms with Crippen molar-refractivity contribution in [1.82, 2.24) is 0 Å². The minimum absolute atomic E-state index is 0.944. The van der Waals surface area contributed by atoms with Gasteiger partial charge >= 0.3 is 0 Å². The predicted octanol–water partition coefficient (Wildman–Crippen LogP) is 1.00. The summed E-state index contributed by atoms with van der Waals surface area (Å²) in [5.41, 5.74) is 0. The van der Waals surface area contributed by atoms with Crippen LogP contribution in [-0.2, 0) is 4.74 Å². The molecule has 1 aliphatic heterocycles. The van der Waals surface area contributed by atoms with Gasteiger partial charge in [-0.25, -0.2) is 0 Å². The van der Waals surface area contributed by atoms with Crippen LogP contribution >= 0.6 is 0 Å². The van der Waals surface area contributed by atoms with Gasteiger partial charge in [0.25, 0.3) is 0 Å². The molecule has 1 radical (unpaired) electrons. The largest absolute Gasteiger partial charge is 0.381 e. The van der Waals surface area contributed by atoms with Crippen molar-refractivity contribution in [3.63, 3.8) is 0 Å². The van der Waals surface area contributed by atoms with Crippen LogP contribution in [0.25, 0.3) is 0 Å². The number of rotatable bonds is 0. The van der Waals surface area contributed by atoms with E-state index in [-0.39, 0.29) is 0 Å². The normalized spacial score (nSPS) is 24.0. The highest BCUT2D eigenvalue weighted by atomic mass is 16.5. The van der Waals surface area contributed by atoms with Crippen molar-refractivity contribution in [1.29, 1.82) is 0 Å². The molecule has 35 valence electrons. The monoisotopic (exact) mass is 85.1 g/mol. The summed E-state index contributed by atoms with van der Waals surface area (Å²) < 4.78 is 5.04. The molecule has 0 amide bonds. The average molecular weight is 85.1 g/mol. The van der Waals surface area contributed by atoms with E-state index in [0.29, 0.717) is 0 Å². The van der Waals surface area contributed by atoms with E-state index in [2.05, 4.69) is 6.42 Å². The van der Waals surface area contributed by atoms with Gasteiger partial charge in [0.05, 0.1) is 0 Å². The Balaban J connectivity index is 2.00. The van der Waals surface area contributed by atoms with Gasteiger partial charge in [0.15, 0.2) is 0 Å². The third-order valence-corrected chi connectivity index (χ3v) is 0.933. The Labute approximate surface area is 38.3 Å². The van der Waals surface area contributed by atoms with Crippen LogP contribution in [0.2, 0.25) is 0 Å². The van der Waals surface area contributed by atoms with Gasteiger partial charge in [-0.15, -0.1) is 0 Å². The quantitative estimate of drug-likeness (QED) is 0.426. The van der Waals surface area contributed by atoms with Crippen LogP contribution < -0.4 is 0 Å². The first-order chi connectivity index (χ1) is 3.00. The molecule has 1 aliphatic rings. The summed E-state index contributed by atoms with van der Waals surface area (Å²) in [7, 11) is 0. The van der Waals surface area contributed by atoms with Crippen molar-refractivity contribution in [2.75, 3.05) is 13.2 Å². The van der Waals surface area contributed by atoms with Crippen LogP contribution in [0.1, 0.15) is 12.8 Å². The Morgan fingerprint density at radius 1 is 1.17 bits per heavy atom. The molecular formula is C5H9O. The molecule has 1 heteroatoms. The van der Waals surface area contributed by atoms with Crippen LogP contribution in [0, 0.1) is 6.42 Å². The highest BCUT2D eigenvalue weighted by Crippen LogP contribution is 2.00. The smallest absolute Gasteiger partial charge is 0.0468 e. The van der Waals surface area contributed by atoms with E-state index in [4.69, 9.17) is 4.74 Å². The Morgan fingerprint density at radius 2 is 1.83 bits per heavy atom. The lowest BCUT2D eigenvalue weighted by atomic mass is 10.2. The Kier molecular flexibility index (Phi) is 1.51. The summed E-state index contributed by atoms with van der Waals surface area (Å²) in [5.74, 6) is 0. The molecular weight excluding hydrogens is 76.1 g/mol. The van der Waals surface area contributed by atoms with Crippen molar-refractivity contribution in [3.8, 4) is 0 Å². The van der Waals surface area contributed by atoms with Crippen molar-refractivity contribution in [2.45, 2.75) is 12.8 Å². The zero-order chi connectivity index (χ0) is 4.24. The van der Waals surface area contributed by atoms with E-state index in [1.807, 2.05) is 0 Å². The average Bonchev–Trinajstić information content (AvgIpc) is 1.72.